The van der Waals surface area contributed by atoms with Crippen LogP contribution in [0.25, 0.3) is 0 Å². The zero-order valence-corrected chi connectivity index (χ0v) is 10.6. The number of carbonyl (C=O) groups excluding carboxylic acids is 1. The SMILES string of the molecule is CC(C)(C)OC(=O)NC[C@H]1CC[C@@H](N)CC1. The number of hydrogen-bond donors (Lipinski definition) is 2. The average Bonchev–Trinajstić information content (AvgIpc) is 2.14. The van der Waals surface area contributed by atoms with Gasteiger partial charge in [-0.2, -0.15) is 0 Å². The molecular weight excluding hydrogens is 204 g/mol. The number of rotatable bonds is 2. The molecule has 3 N–H and O–H groups in total. The Morgan fingerprint density at radius 2 is 1.88 bits per heavy atom. The van der Waals surface area contributed by atoms with E-state index in [2.05, 4.69) is 5.32 Å². The van der Waals surface area contributed by atoms with Crippen molar-refractivity contribution in [1.82, 2.24) is 5.32 Å². The molecule has 0 radical (unpaired) electrons. The van der Waals surface area contributed by atoms with Gasteiger partial charge in [0.25, 0.3) is 0 Å². The van der Waals surface area contributed by atoms with Gasteiger partial charge in [-0.05, 0) is 52.4 Å². The van der Waals surface area contributed by atoms with Crippen molar-refractivity contribution in [2.45, 2.75) is 58.1 Å². The Hall–Kier alpha value is -0.770. The molecule has 1 aliphatic rings. The van der Waals surface area contributed by atoms with Crippen LogP contribution in [-0.2, 0) is 4.74 Å². The van der Waals surface area contributed by atoms with E-state index in [4.69, 9.17) is 10.5 Å². The van der Waals surface area contributed by atoms with Gasteiger partial charge in [-0.15, -0.1) is 0 Å². The predicted octanol–water partition coefficient (Wildman–Crippen LogP) is 2.03. The third kappa shape index (κ3) is 5.35. The van der Waals surface area contributed by atoms with Crippen LogP contribution in [0.1, 0.15) is 46.5 Å². The summed E-state index contributed by atoms with van der Waals surface area (Å²) >= 11 is 0. The fourth-order valence-electron chi connectivity index (χ4n) is 1.93. The number of nitrogens with one attached hydrogen (secondary N) is 1. The van der Waals surface area contributed by atoms with Crippen LogP contribution < -0.4 is 11.1 Å². The van der Waals surface area contributed by atoms with Crippen molar-refractivity contribution in [3.05, 3.63) is 0 Å². The first-order chi connectivity index (χ1) is 7.37. The minimum absolute atomic E-state index is 0.317. The van der Waals surface area contributed by atoms with E-state index in [0.717, 1.165) is 25.7 Å². The third-order valence-electron chi connectivity index (χ3n) is 2.83. The quantitative estimate of drug-likeness (QED) is 0.760. The molecule has 0 aromatic heterocycles. The minimum atomic E-state index is -0.418. The average molecular weight is 228 g/mol. The van der Waals surface area contributed by atoms with Gasteiger partial charge in [0.05, 0.1) is 0 Å². The number of ether oxygens (including phenoxy) is 1. The lowest BCUT2D eigenvalue weighted by atomic mass is 9.86. The number of alkyl carbamates (subject to hydrolysis) is 1. The molecular formula is C12H24N2O2. The zero-order valence-electron chi connectivity index (χ0n) is 10.6. The summed E-state index contributed by atoms with van der Waals surface area (Å²) in [6.45, 7) is 6.31. The van der Waals surface area contributed by atoms with Crippen molar-refractivity contribution in [1.29, 1.82) is 0 Å². The van der Waals surface area contributed by atoms with Crippen molar-refractivity contribution in [2.24, 2.45) is 11.7 Å². The minimum Gasteiger partial charge on any atom is -0.444 e. The van der Waals surface area contributed by atoms with Gasteiger partial charge in [0, 0.05) is 12.6 Å². The van der Waals surface area contributed by atoms with Crippen LogP contribution in [0.3, 0.4) is 0 Å². The number of nitrogens with two attached hydrogens (primary N) is 1. The van der Waals surface area contributed by atoms with Crippen LogP contribution in [0, 0.1) is 5.92 Å². The van der Waals surface area contributed by atoms with Gasteiger partial charge in [0.1, 0.15) is 5.60 Å². The molecule has 0 unspecified atom stereocenters. The third-order valence-corrected chi connectivity index (χ3v) is 2.83. The molecule has 94 valence electrons. The maximum atomic E-state index is 11.4. The molecule has 16 heavy (non-hydrogen) atoms. The Balaban J connectivity index is 2.17. The first-order valence-corrected chi connectivity index (χ1v) is 6.09. The van der Waals surface area contributed by atoms with Crippen LogP contribution in [0.5, 0.6) is 0 Å². The maximum absolute atomic E-state index is 11.4. The van der Waals surface area contributed by atoms with Gasteiger partial charge >= 0.3 is 6.09 Å². The Morgan fingerprint density at radius 1 is 1.31 bits per heavy atom. The second kappa shape index (κ2) is 5.53. The van der Waals surface area contributed by atoms with E-state index >= 15 is 0 Å². The Bertz CT molecular complexity index is 228. The highest BCUT2D eigenvalue weighted by molar-refractivity contribution is 5.67. The van der Waals surface area contributed by atoms with E-state index in [1.807, 2.05) is 20.8 Å². The van der Waals surface area contributed by atoms with Crippen molar-refractivity contribution in [3.8, 4) is 0 Å². The summed E-state index contributed by atoms with van der Waals surface area (Å²) in [7, 11) is 0. The Kier molecular flexibility index (Phi) is 4.59. The molecule has 0 saturated heterocycles. The summed E-state index contributed by atoms with van der Waals surface area (Å²) in [6.07, 6.45) is 4.04. The van der Waals surface area contributed by atoms with Gasteiger partial charge in [-0.1, -0.05) is 0 Å². The molecule has 1 amide bonds. The van der Waals surface area contributed by atoms with Crippen LogP contribution in [0.4, 0.5) is 4.79 Å². The number of amides is 1. The predicted molar refractivity (Wildman–Crippen MR) is 64.2 cm³/mol. The van der Waals surface area contributed by atoms with E-state index < -0.39 is 5.60 Å². The van der Waals surface area contributed by atoms with Crippen molar-refractivity contribution in [3.63, 3.8) is 0 Å². The van der Waals surface area contributed by atoms with E-state index in [1.54, 1.807) is 0 Å². The Morgan fingerprint density at radius 3 is 2.38 bits per heavy atom. The molecule has 0 aliphatic heterocycles. The van der Waals surface area contributed by atoms with Crippen LogP contribution in [0.2, 0.25) is 0 Å². The fourth-order valence-corrected chi connectivity index (χ4v) is 1.93. The molecule has 0 aromatic rings. The monoisotopic (exact) mass is 228 g/mol. The van der Waals surface area contributed by atoms with Gasteiger partial charge in [0.2, 0.25) is 0 Å². The van der Waals surface area contributed by atoms with Gasteiger partial charge in [-0.3, -0.25) is 0 Å². The lowest BCUT2D eigenvalue weighted by molar-refractivity contribution is 0.0515. The highest BCUT2D eigenvalue weighted by Gasteiger charge is 2.20. The smallest absolute Gasteiger partial charge is 0.407 e. The normalized spacial score (nSPS) is 26.2. The molecule has 1 saturated carbocycles. The summed E-state index contributed by atoms with van der Waals surface area (Å²) in [4.78, 5) is 11.4. The fraction of sp³-hybridized carbons (Fsp3) is 0.917. The molecule has 4 nitrogen and oxygen atoms in total. The van der Waals surface area contributed by atoms with Crippen LogP contribution >= 0.6 is 0 Å². The molecule has 0 atom stereocenters. The molecule has 0 spiro atoms. The van der Waals surface area contributed by atoms with Crippen LogP contribution in [0.15, 0.2) is 0 Å². The van der Waals surface area contributed by atoms with Crippen LogP contribution in [-0.4, -0.2) is 24.3 Å². The molecule has 0 bridgehead atoms. The second-order valence-electron chi connectivity index (χ2n) is 5.66. The molecule has 4 heteroatoms. The van der Waals surface area contributed by atoms with Crippen molar-refractivity contribution < 1.29 is 9.53 Å². The van der Waals surface area contributed by atoms with E-state index in [9.17, 15) is 4.79 Å². The van der Waals surface area contributed by atoms with E-state index in [1.165, 1.54) is 0 Å². The molecule has 1 fully saturated rings. The molecule has 0 aromatic carbocycles. The first-order valence-electron chi connectivity index (χ1n) is 6.09. The molecule has 1 aliphatic carbocycles. The standard InChI is InChI=1S/C12H24N2O2/c1-12(2,3)16-11(15)14-8-9-4-6-10(13)7-5-9/h9-10H,4-8,13H2,1-3H3,(H,14,15)/t9-,10+. The lowest BCUT2D eigenvalue weighted by Crippen LogP contribution is -2.37. The summed E-state index contributed by atoms with van der Waals surface area (Å²) in [5.74, 6) is 0.562. The van der Waals surface area contributed by atoms with Gasteiger partial charge in [-0.25, -0.2) is 4.79 Å². The zero-order chi connectivity index (χ0) is 12.2. The van der Waals surface area contributed by atoms with E-state index in [0.29, 0.717) is 18.5 Å². The summed E-state index contributed by atoms with van der Waals surface area (Å²) in [6, 6.07) is 0.359. The van der Waals surface area contributed by atoms with E-state index in [-0.39, 0.29) is 6.09 Å². The maximum Gasteiger partial charge on any atom is 0.407 e. The highest BCUT2D eigenvalue weighted by atomic mass is 16.6. The van der Waals surface area contributed by atoms with Gasteiger partial charge < -0.3 is 15.8 Å². The van der Waals surface area contributed by atoms with Crippen molar-refractivity contribution in [2.75, 3.05) is 6.54 Å². The summed E-state index contributed by atoms with van der Waals surface area (Å²) in [5, 5.41) is 2.82. The number of carbonyl (C=O) groups is 1. The van der Waals surface area contributed by atoms with Crippen molar-refractivity contribution >= 4 is 6.09 Å². The Labute approximate surface area is 97.9 Å². The summed E-state index contributed by atoms with van der Waals surface area (Å²) in [5.41, 5.74) is 5.41. The highest BCUT2D eigenvalue weighted by Crippen LogP contribution is 2.22. The lowest BCUT2D eigenvalue weighted by Gasteiger charge is -2.26. The molecule has 1 rings (SSSR count). The topological polar surface area (TPSA) is 64.3 Å². The second-order valence-corrected chi connectivity index (χ2v) is 5.66. The largest absolute Gasteiger partial charge is 0.444 e. The molecule has 0 heterocycles. The number of hydrogen-bond acceptors (Lipinski definition) is 3. The first kappa shape index (κ1) is 13.3. The van der Waals surface area contributed by atoms with Gasteiger partial charge in [0.15, 0.2) is 0 Å². The summed E-state index contributed by atoms with van der Waals surface area (Å²) < 4.78 is 5.18.